The maximum atomic E-state index is 12.3. The van der Waals surface area contributed by atoms with Gasteiger partial charge in [-0.05, 0) is 24.6 Å². The van der Waals surface area contributed by atoms with E-state index < -0.39 is 15.9 Å². The second-order valence-corrected chi connectivity index (χ2v) is 7.05. The Balaban J connectivity index is 1.95. The molecule has 0 aliphatic carbocycles. The van der Waals surface area contributed by atoms with Crippen molar-refractivity contribution in [2.75, 3.05) is 6.54 Å². The average molecular weight is 315 g/mol. The Morgan fingerprint density at radius 3 is 2.75 bits per heavy atom. The van der Waals surface area contributed by atoms with Crippen LogP contribution in [0.15, 0.2) is 23.1 Å². The summed E-state index contributed by atoms with van der Waals surface area (Å²) in [5.74, 6) is -0.697. The zero-order valence-electron chi connectivity index (χ0n) is 10.3. The number of hydrogen-bond donors (Lipinski definition) is 1. The van der Waals surface area contributed by atoms with Crippen molar-refractivity contribution < 1.29 is 18.0 Å². The minimum absolute atomic E-state index is 0.0425. The predicted octanol–water partition coefficient (Wildman–Crippen LogP) is 0.763. The van der Waals surface area contributed by atoms with E-state index >= 15 is 0 Å². The first-order valence-electron chi connectivity index (χ1n) is 6.05. The zero-order chi connectivity index (χ0) is 14.5. The molecule has 2 amide bonds. The van der Waals surface area contributed by atoms with Gasteiger partial charge in [-0.3, -0.25) is 9.59 Å². The van der Waals surface area contributed by atoms with Gasteiger partial charge in [0.1, 0.15) is 4.90 Å². The van der Waals surface area contributed by atoms with Crippen LogP contribution in [0.3, 0.4) is 0 Å². The molecule has 20 heavy (non-hydrogen) atoms. The Bertz CT molecular complexity index is 716. The van der Waals surface area contributed by atoms with Gasteiger partial charge >= 0.3 is 0 Å². The Hall–Kier alpha value is -1.60. The maximum Gasteiger partial charge on any atom is 0.269 e. The molecule has 2 aliphatic heterocycles. The van der Waals surface area contributed by atoms with Gasteiger partial charge in [0.25, 0.3) is 15.9 Å². The van der Waals surface area contributed by atoms with Gasteiger partial charge in [-0.25, -0.2) is 12.7 Å². The van der Waals surface area contributed by atoms with Crippen LogP contribution in [0.1, 0.15) is 23.2 Å². The van der Waals surface area contributed by atoms with E-state index in [1.165, 1.54) is 18.2 Å². The van der Waals surface area contributed by atoms with Crippen LogP contribution in [0.5, 0.6) is 0 Å². The van der Waals surface area contributed by atoms with Crippen LogP contribution in [0.4, 0.5) is 0 Å². The SMILES string of the molecule is O=C1CCC(CN2C(=O)c3ccc(Cl)cc3S2(=O)=O)N1. The molecule has 1 unspecified atom stereocenters. The number of nitrogens with one attached hydrogen (secondary N) is 1. The van der Waals surface area contributed by atoms with Crippen LogP contribution < -0.4 is 5.32 Å². The highest BCUT2D eigenvalue weighted by Gasteiger charge is 2.42. The number of benzene rings is 1. The van der Waals surface area contributed by atoms with Gasteiger partial charge in [0, 0.05) is 17.5 Å². The molecule has 0 saturated carbocycles. The number of sulfonamides is 1. The number of amides is 2. The molecule has 2 aliphatic rings. The summed E-state index contributed by atoms with van der Waals surface area (Å²) in [4.78, 5) is 23.3. The van der Waals surface area contributed by atoms with Gasteiger partial charge < -0.3 is 5.32 Å². The molecule has 6 nitrogen and oxygen atoms in total. The molecule has 1 N–H and O–H groups in total. The van der Waals surface area contributed by atoms with Gasteiger partial charge in [0.2, 0.25) is 5.91 Å². The molecule has 2 heterocycles. The molecule has 1 fully saturated rings. The molecule has 0 radical (unpaired) electrons. The summed E-state index contributed by atoms with van der Waals surface area (Å²) < 4.78 is 25.5. The van der Waals surface area contributed by atoms with Crippen LogP contribution in [0.25, 0.3) is 0 Å². The summed E-state index contributed by atoms with van der Waals surface area (Å²) in [6.45, 7) is -0.0425. The Labute approximate surface area is 120 Å². The molecular weight excluding hydrogens is 304 g/mol. The minimum atomic E-state index is -3.87. The van der Waals surface area contributed by atoms with Gasteiger partial charge in [0.05, 0.1) is 12.1 Å². The lowest BCUT2D eigenvalue weighted by Crippen LogP contribution is -2.41. The quantitative estimate of drug-likeness (QED) is 0.873. The van der Waals surface area contributed by atoms with E-state index in [2.05, 4.69) is 5.32 Å². The maximum absolute atomic E-state index is 12.3. The highest BCUT2D eigenvalue weighted by atomic mass is 35.5. The van der Waals surface area contributed by atoms with Crippen LogP contribution in [0.2, 0.25) is 5.02 Å². The summed E-state index contributed by atoms with van der Waals surface area (Å²) in [6, 6.07) is 3.84. The van der Waals surface area contributed by atoms with Crippen molar-refractivity contribution in [1.82, 2.24) is 9.62 Å². The summed E-state index contributed by atoms with van der Waals surface area (Å²) in [5, 5.41) is 2.91. The molecule has 0 bridgehead atoms. The molecular formula is C12H11ClN2O4S. The lowest BCUT2D eigenvalue weighted by molar-refractivity contribution is -0.119. The summed E-state index contributed by atoms with van der Waals surface area (Å²) in [5.41, 5.74) is 0.124. The molecule has 0 spiro atoms. The van der Waals surface area contributed by atoms with E-state index in [-0.39, 0.29) is 34.0 Å². The minimum Gasteiger partial charge on any atom is -0.352 e. The molecule has 8 heteroatoms. The first-order chi connectivity index (χ1) is 9.39. The standard InChI is InChI=1S/C12H11ClN2O4S/c13-7-1-3-9-10(5-7)20(18,19)15(12(9)17)6-8-2-4-11(16)14-8/h1,3,5,8H,2,4,6H2,(H,14,16). The van der Waals surface area contributed by atoms with Crippen molar-refractivity contribution in [1.29, 1.82) is 0 Å². The van der Waals surface area contributed by atoms with E-state index in [1.54, 1.807) is 0 Å². The van der Waals surface area contributed by atoms with Gasteiger partial charge in [-0.1, -0.05) is 11.6 Å². The Morgan fingerprint density at radius 1 is 1.35 bits per heavy atom. The number of nitrogens with zero attached hydrogens (tertiary/aromatic N) is 1. The molecule has 0 aromatic heterocycles. The average Bonchev–Trinajstić information content (AvgIpc) is 2.86. The number of hydrogen-bond acceptors (Lipinski definition) is 4. The third kappa shape index (κ3) is 1.97. The van der Waals surface area contributed by atoms with Crippen molar-refractivity contribution in [2.45, 2.75) is 23.8 Å². The Kier molecular flexibility index (Phi) is 2.98. The molecule has 3 rings (SSSR count). The van der Waals surface area contributed by atoms with E-state index in [0.717, 1.165) is 4.31 Å². The Morgan fingerprint density at radius 2 is 2.10 bits per heavy atom. The van der Waals surface area contributed by atoms with Crippen LogP contribution in [-0.2, 0) is 14.8 Å². The second kappa shape index (κ2) is 4.46. The first-order valence-corrected chi connectivity index (χ1v) is 7.87. The van der Waals surface area contributed by atoms with Crippen LogP contribution >= 0.6 is 11.6 Å². The summed E-state index contributed by atoms with van der Waals surface area (Å²) in [7, 11) is -3.87. The fourth-order valence-electron chi connectivity index (χ4n) is 2.44. The highest BCUT2D eigenvalue weighted by molar-refractivity contribution is 7.90. The highest BCUT2D eigenvalue weighted by Crippen LogP contribution is 2.32. The number of rotatable bonds is 2. The van der Waals surface area contributed by atoms with Crippen molar-refractivity contribution in [2.24, 2.45) is 0 Å². The third-order valence-corrected chi connectivity index (χ3v) is 5.46. The van der Waals surface area contributed by atoms with E-state index in [4.69, 9.17) is 11.6 Å². The van der Waals surface area contributed by atoms with E-state index in [9.17, 15) is 18.0 Å². The number of carbonyl (C=O) groups is 2. The third-order valence-electron chi connectivity index (χ3n) is 3.44. The monoisotopic (exact) mass is 314 g/mol. The topological polar surface area (TPSA) is 83.6 Å². The van der Waals surface area contributed by atoms with Crippen molar-refractivity contribution in [3.63, 3.8) is 0 Å². The van der Waals surface area contributed by atoms with Gasteiger partial charge in [0.15, 0.2) is 0 Å². The number of fused-ring (bicyclic) bond motifs is 1. The van der Waals surface area contributed by atoms with Gasteiger partial charge in [-0.2, -0.15) is 0 Å². The summed E-state index contributed by atoms with van der Waals surface area (Å²) >= 11 is 5.78. The van der Waals surface area contributed by atoms with Gasteiger partial charge in [-0.15, -0.1) is 0 Å². The van der Waals surface area contributed by atoms with Crippen molar-refractivity contribution in [3.8, 4) is 0 Å². The molecule has 1 aromatic carbocycles. The second-order valence-electron chi connectivity index (χ2n) is 4.78. The molecule has 1 atom stereocenters. The fourth-order valence-corrected chi connectivity index (χ4v) is 4.32. The smallest absolute Gasteiger partial charge is 0.269 e. The molecule has 106 valence electrons. The lowest BCUT2D eigenvalue weighted by Gasteiger charge is -2.19. The predicted molar refractivity (Wildman–Crippen MR) is 70.8 cm³/mol. The first kappa shape index (κ1) is 13.4. The summed E-state index contributed by atoms with van der Waals surface area (Å²) in [6.07, 6.45) is 0.876. The normalized spacial score (nSPS) is 23.9. The van der Waals surface area contributed by atoms with E-state index in [1.807, 2.05) is 0 Å². The molecule has 1 aromatic rings. The van der Waals surface area contributed by atoms with Crippen molar-refractivity contribution in [3.05, 3.63) is 28.8 Å². The zero-order valence-corrected chi connectivity index (χ0v) is 11.9. The lowest BCUT2D eigenvalue weighted by atomic mass is 10.2. The fraction of sp³-hybridized carbons (Fsp3) is 0.333. The van der Waals surface area contributed by atoms with Crippen molar-refractivity contribution >= 4 is 33.4 Å². The molecule has 1 saturated heterocycles. The largest absolute Gasteiger partial charge is 0.352 e. The van der Waals surface area contributed by atoms with E-state index in [0.29, 0.717) is 12.8 Å². The number of carbonyl (C=O) groups excluding carboxylic acids is 2. The van der Waals surface area contributed by atoms with Crippen LogP contribution in [0, 0.1) is 0 Å². The number of halogens is 1. The van der Waals surface area contributed by atoms with Crippen LogP contribution in [-0.4, -0.2) is 37.1 Å².